The van der Waals surface area contributed by atoms with Crippen LogP contribution in [0.3, 0.4) is 0 Å². The number of rotatable bonds is 5. The van der Waals surface area contributed by atoms with Crippen LogP contribution in [0.4, 0.5) is 0 Å². The molecule has 0 spiro atoms. The van der Waals surface area contributed by atoms with Crippen molar-refractivity contribution >= 4 is 86.9 Å². The van der Waals surface area contributed by atoms with Gasteiger partial charge in [0.15, 0.2) is 10.4 Å². The Labute approximate surface area is 263 Å². The van der Waals surface area contributed by atoms with Crippen LogP contribution in [0.25, 0.3) is 0 Å². The van der Waals surface area contributed by atoms with Crippen molar-refractivity contribution in [1.82, 2.24) is 0 Å². The van der Waals surface area contributed by atoms with Gasteiger partial charge in [-0.25, -0.2) is 0 Å². The third-order valence-corrected chi connectivity index (χ3v) is 12.9. The normalized spacial score (nSPS) is 38.4. The fraction of sp³-hybridized carbons (Fsp3) is 0.667. The van der Waals surface area contributed by atoms with Gasteiger partial charge in [-0.15, -0.1) is 29.6 Å². The van der Waals surface area contributed by atoms with Crippen LogP contribution in [0.15, 0.2) is 33.4 Å². The zero-order valence-corrected chi connectivity index (χ0v) is 27.8. The Kier molecular flexibility index (Phi) is 10.3. The zero-order chi connectivity index (χ0) is 29.7. The van der Waals surface area contributed by atoms with Gasteiger partial charge >= 0.3 is 17.3 Å². The van der Waals surface area contributed by atoms with Gasteiger partial charge in [0.05, 0.1) is 29.2 Å². The Balaban J connectivity index is 0.000000216. The van der Waals surface area contributed by atoms with Crippen molar-refractivity contribution in [3.05, 3.63) is 33.4 Å². The van der Waals surface area contributed by atoms with Crippen molar-refractivity contribution in [3.63, 3.8) is 0 Å². The monoisotopic (exact) mass is 678 g/mol. The van der Waals surface area contributed by atoms with Crippen molar-refractivity contribution in [3.8, 4) is 12.3 Å². The van der Waals surface area contributed by atoms with E-state index in [2.05, 4.69) is 39.7 Å². The predicted octanol–water partition coefficient (Wildman–Crippen LogP) is 7.82. The fourth-order valence-electron chi connectivity index (χ4n) is 5.63. The summed E-state index contributed by atoms with van der Waals surface area (Å²) >= 11 is 36.4. The molecule has 0 aromatic rings. The summed E-state index contributed by atoms with van der Waals surface area (Å²) in [6, 6.07) is 0. The lowest BCUT2D eigenvalue weighted by Gasteiger charge is -2.33. The van der Waals surface area contributed by atoms with Crippen LogP contribution < -0.4 is 0 Å². The van der Waals surface area contributed by atoms with Crippen LogP contribution in [0.5, 0.6) is 0 Å². The van der Waals surface area contributed by atoms with Crippen molar-refractivity contribution in [1.29, 1.82) is 0 Å². The summed E-state index contributed by atoms with van der Waals surface area (Å²) in [5, 5.41) is 0.210. The largest absolute Gasteiger partial charge is 0.444 e. The number of ether oxygens (including phenoxy) is 1. The van der Waals surface area contributed by atoms with Crippen molar-refractivity contribution in [2.45, 2.75) is 68.1 Å². The quantitative estimate of drug-likeness (QED) is 0.128. The lowest BCUT2D eigenvalue weighted by atomic mass is 9.83. The minimum Gasteiger partial charge on any atom is -0.444 e. The molecule has 1 saturated heterocycles. The number of alkyl halides is 4. The Hall–Kier alpha value is 0.0600. The predicted molar refractivity (Wildman–Crippen MR) is 160 cm³/mol. The van der Waals surface area contributed by atoms with E-state index in [4.69, 9.17) is 89.1 Å². The van der Waals surface area contributed by atoms with E-state index in [1.54, 1.807) is 0 Å². The van der Waals surface area contributed by atoms with E-state index in [-0.39, 0.29) is 46.5 Å². The van der Waals surface area contributed by atoms with Crippen LogP contribution in [0.2, 0.25) is 0 Å². The molecule has 39 heavy (non-hydrogen) atoms. The summed E-state index contributed by atoms with van der Waals surface area (Å²) in [7, 11) is 0. The second kappa shape index (κ2) is 12.0. The van der Waals surface area contributed by atoms with Gasteiger partial charge in [0.1, 0.15) is 9.75 Å². The molecular formula is C27H32Cl6O5S. The Morgan fingerprint density at radius 1 is 1.10 bits per heavy atom. The van der Waals surface area contributed by atoms with Gasteiger partial charge in [0.2, 0.25) is 0 Å². The molecule has 3 aliphatic carbocycles. The lowest BCUT2D eigenvalue weighted by molar-refractivity contribution is -0.147. The van der Waals surface area contributed by atoms with Crippen LogP contribution in [-0.4, -0.2) is 43.6 Å². The summed E-state index contributed by atoms with van der Waals surface area (Å²) in [5.74, 6) is 1.65. The van der Waals surface area contributed by atoms with Gasteiger partial charge in [-0.05, 0) is 44.1 Å². The number of hydrogen-bond donors (Lipinski definition) is 0. The van der Waals surface area contributed by atoms with Crippen molar-refractivity contribution in [2.24, 2.45) is 29.1 Å². The summed E-state index contributed by atoms with van der Waals surface area (Å²) < 4.78 is 25.3. The molecule has 3 fully saturated rings. The maximum absolute atomic E-state index is 12.3. The number of terminal acetylenes is 1. The maximum atomic E-state index is 12.3. The van der Waals surface area contributed by atoms with E-state index in [0.717, 1.165) is 12.0 Å². The molecule has 0 aromatic carbocycles. The molecule has 0 radical (unpaired) electrons. The van der Waals surface area contributed by atoms with Gasteiger partial charge in [-0.1, -0.05) is 90.8 Å². The minimum absolute atomic E-state index is 0.0107. The van der Waals surface area contributed by atoms with Gasteiger partial charge in [0, 0.05) is 11.8 Å². The molecule has 1 aliphatic heterocycles. The third-order valence-electron chi connectivity index (χ3n) is 7.94. The summed E-state index contributed by atoms with van der Waals surface area (Å²) in [4.78, 5) is 9.54. The molecule has 12 heteroatoms. The second-order valence-corrected chi connectivity index (χ2v) is 15.2. The lowest BCUT2D eigenvalue weighted by Crippen LogP contribution is -2.45. The molecule has 6 unspecified atom stereocenters. The van der Waals surface area contributed by atoms with E-state index < -0.39 is 43.4 Å². The standard InChI is InChI=1S/C18H26O2.C9H6Cl6O3S/c1-8-10-13(5)15(9-2)20-17(19)16-14(11-12(3)4)18(16,6)7;10-5-6(11)8(13)4-2-18-19(16)17-1-3(4)7(5,12)9(8,14)15/h2,10-11,14-16H,8H2,1,3-7H3;3-4H,1-2H2/b13-10+;/t14?,15?,16-;/m0./s1. The number of hydrogen-bond acceptors (Lipinski definition) is 5. The highest BCUT2D eigenvalue weighted by Crippen LogP contribution is 2.76. The highest BCUT2D eigenvalue weighted by atomic mass is 35.5. The van der Waals surface area contributed by atoms with E-state index in [0.29, 0.717) is 0 Å². The molecule has 0 amide bonds. The highest BCUT2D eigenvalue weighted by Gasteiger charge is 2.82. The van der Waals surface area contributed by atoms with Crippen LogP contribution >= 0.6 is 69.6 Å². The smallest absolute Gasteiger partial charge is 0.311 e. The van der Waals surface area contributed by atoms with E-state index in [1.807, 2.05) is 19.9 Å². The molecule has 2 bridgehead atoms. The number of carbonyl (C=O) groups excluding carboxylic acids is 1. The van der Waals surface area contributed by atoms with Gasteiger partial charge in [-0.3, -0.25) is 13.2 Å². The number of halogens is 6. The van der Waals surface area contributed by atoms with Gasteiger partial charge < -0.3 is 4.74 Å². The van der Waals surface area contributed by atoms with E-state index >= 15 is 0 Å². The SMILES string of the molecule is C#CC(OC(=O)[C@@H]1C(C=C(C)C)C1(C)C)/C(C)=C/CC.O=S1OCC2C(CO1)C1(Cl)C(Cl)=C(Cl)C2(Cl)C1(Cl)Cl. The fourth-order valence-corrected chi connectivity index (χ4v) is 9.27. The molecule has 0 aromatic heterocycles. The number of fused-ring (bicyclic) bond motifs is 5. The number of allylic oxidation sites excluding steroid dienone is 5. The second-order valence-electron chi connectivity index (χ2n) is 11.0. The average molecular weight is 681 g/mol. The summed E-state index contributed by atoms with van der Waals surface area (Å²) in [6.45, 7) is 12.3. The molecule has 7 atom stereocenters. The molecular weight excluding hydrogens is 649 g/mol. The molecule has 1 heterocycles. The topological polar surface area (TPSA) is 61.8 Å². The minimum atomic E-state index is -1.86. The Morgan fingerprint density at radius 3 is 2.00 bits per heavy atom. The van der Waals surface area contributed by atoms with Crippen LogP contribution in [0, 0.1) is 41.4 Å². The van der Waals surface area contributed by atoms with Gasteiger partial charge in [-0.2, -0.15) is 4.21 Å². The Morgan fingerprint density at radius 2 is 1.59 bits per heavy atom. The first kappa shape index (κ1) is 33.6. The molecule has 4 rings (SSSR count). The first-order chi connectivity index (χ1) is 17.9. The summed E-state index contributed by atoms with van der Waals surface area (Å²) in [6.07, 6.45) is 9.99. The van der Waals surface area contributed by atoms with Crippen LogP contribution in [0.1, 0.15) is 48.0 Å². The molecule has 4 aliphatic rings. The molecule has 218 valence electrons. The molecule has 2 saturated carbocycles. The number of carbonyl (C=O) groups is 1. The first-order valence-electron chi connectivity index (χ1n) is 12.4. The van der Waals surface area contributed by atoms with Crippen molar-refractivity contribution < 1.29 is 22.1 Å². The Bertz CT molecular complexity index is 1130. The zero-order valence-electron chi connectivity index (χ0n) is 22.5. The maximum Gasteiger partial charge on any atom is 0.311 e. The highest BCUT2D eigenvalue weighted by molar-refractivity contribution is 7.75. The first-order valence-corrected chi connectivity index (χ1v) is 15.7. The van der Waals surface area contributed by atoms with Crippen LogP contribution in [-0.2, 0) is 29.3 Å². The molecule has 0 N–H and O–H groups in total. The average Bonchev–Trinajstić information content (AvgIpc) is 3.40. The number of esters is 1. The third kappa shape index (κ3) is 5.48. The summed E-state index contributed by atoms with van der Waals surface area (Å²) in [5.41, 5.74) is 2.13. The van der Waals surface area contributed by atoms with E-state index in [1.165, 1.54) is 5.57 Å². The van der Waals surface area contributed by atoms with Crippen molar-refractivity contribution in [2.75, 3.05) is 13.2 Å². The van der Waals surface area contributed by atoms with Gasteiger partial charge in [0.25, 0.3) is 0 Å². The molecule has 5 nitrogen and oxygen atoms in total. The van der Waals surface area contributed by atoms with E-state index in [9.17, 15) is 9.00 Å².